The number of oxime groups is 1. The maximum atomic E-state index is 12.9. The predicted molar refractivity (Wildman–Crippen MR) is 81.7 cm³/mol. The average molecular weight is 334 g/mol. The van der Waals surface area contributed by atoms with Crippen LogP contribution in [0.2, 0.25) is 0 Å². The molecule has 1 spiro atoms. The molecule has 2 aliphatic rings. The van der Waals surface area contributed by atoms with Crippen molar-refractivity contribution in [3.8, 4) is 0 Å². The molecule has 0 saturated heterocycles. The molecule has 1 fully saturated rings. The summed E-state index contributed by atoms with van der Waals surface area (Å²) < 4.78 is 0. The molecule has 0 bridgehead atoms. The number of hydrogen-bond donors (Lipinski definition) is 1. The number of carbonyl (C=O) groups is 1. The summed E-state index contributed by atoms with van der Waals surface area (Å²) in [6.45, 7) is 1.93. The first kappa shape index (κ1) is 13.6. The van der Waals surface area contributed by atoms with Crippen molar-refractivity contribution in [1.29, 1.82) is 0 Å². The Morgan fingerprint density at radius 2 is 2.20 bits per heavy atom. The van der Waals surface area contributed by atoms with Crippen molar-refractivity contribution in [2.24, 2.45) is 10.6 Å². The van der Waals surface area contributed by atoms with Crippen molar-refractivity contribution in [2.75, 3.05) is 0 Å². The van der Waals surface area contributed by atoms with Crippen molar-refractivity contribution in [3.05, 3.63) is 47.0 Å². The molecular formula is C16H16BrNO2. The highest BCUT2D eigenvalue weighted by molar-refractivity contribution is 9.09. The average Bonchev–Trinajstić information content (AvgIpc) is 2.70. The lowest BCUT2D eigenvalue weighted by Crippen LogP contribution is -2.35. The minimum absolute atomic E-state index is 0.0360. The van der Waals surface area contributed by atoms with Crippen LogP contribution in [0.4, 0.5) is 0 Å². The van der Waals surface area contributed by atoms with Crippen molar-refractivity contribution < 1.29 is 10.0 Å². The van der Waals surface area contributed by atoms with Gasteiger partial charge in [0.25, 0.3) is 0 Å². The van der Waals surface area contributed by atoms with Gasteiger partial charge in [-0.25, -0.2) is 0 Å². The SMILES string of the molecule is CC=C1CC2(CCC1=NO)C(=O)c1ccccc1C2Br. The summed E-state index contributed by atoms with van der Waals surface area (Å²) >= 11 is 3.74. The second kappa shape index (κ2) is 4.85. The summed E-state index contributed by atoms with van der Waals surface area (Å²) in [5, 5.41) is 12.5. The molecule has 0 aromatic heterocycles. The molecule has 1 saturated carbocycles. The minimum Gasteiger partial charge on any atom is -0.411 e. The number of allylic oxidation sites excluding steroid dienone is 2. The maximum Gasteiger partial charge on any atom is 0.171 e. The molecular weight excluding hydrogens is 318 g/mol. The Morgan fingerprint density at radius 1 is 1.45 bits per heavy atom. The number of Topliss-reactive ketones (excluding diaryl/α,β-unsaturated/α-hetero) is 1. The summed E-state index contributed by atoms with van der Waals surface area (Å²) in [5.74, 6) is 0.214. The molecule has 0 aliphatic heterocycles. The number of fused-ring (bicyclic) bond motifs is 1. The van der Waals surface area contributed by atoms with E-state index < -0.39 is 5.41 Å². The van der Waals surface area contributed by atoms with Crippen LogP contribution in [0.15, 0.2) is 41.1 Å². The first-order valence-electron chi connectivity index (χ1n) is 6.78. The summed E-state index contributed by atoms with van der Waals surface area (Å²) in [7, 11) is 0. The molecule has 3 rings (SSSR count). The molecule has 1 aromatic carbocycles. The van der Waals surface area contributed by atoms with E-state index in [1.54, 1.807) is 0 Å². The highest BCUT2D eigenvalue weighted by Crippen LogP contribution is 2.58. The molecule has 1 N–H and O–H groups in total. The number of nitrogens with zero attached hydrogens (tertiary/aromatic N) is 1. The normalized spacial score (nSPS) is 33.1. The molecule has 104 valence electrons. The van der Waals surface area contributed by atoms with Gasteiger partial charge in [0.1, 0.15) is 0 Å². The van der Waals surface area contributed by atoms with Gasteiger partial charge >= 0.3 is 0 Å². The van der Waals surface area contributed by atoms with Crippen LogP contribution in [0.3, 0.4) is 0 Å². The highest BCUT2D eigenvalue weighted by Gasteiger charge is 2.53. The zero-order valence-electron chi connectivity index (χ0n) is 11.3. The van der Waals surface area contributed by atoms with Gasteiger partial charge < -0.3 is 5.21 Å². The summed E-state index contributed by atoms with van der Waals surface area (Å²) in [4.78, 5) is 12.9. The van der Waals surface area contributed by atoms with E-state index in [4.69, 9.17) is 5.21 Å². The smallest absolute Gasteiger partial charge is 0.171 e. The summed E-state index contributed by atoms with van der Waals surface area (Å²) in [6, 6.07) is 7.81. The highest BCUT2D eigenvalue weighted by atomic mass is 79.9. The zero-order valence-corrected chi connectivity index (χ0v) is 12.9. The Hall–Kier alpha value is -1.42. The van der Waals surface area contributed by atoms with Gasteiger partial charge in [0.15, 0.2) is 5.78 Å². The fraction of sp³-hybridized carbons (Fsp3) is 0.375. The van der Waals surface area contributed by atoms with E-state index >= 15 is 0 Å². The monoisotopic (exact) mass is 333 g/mol. The number of carbonyl (C=O) groups excluding carboxylic acids is 1. The Labute approximate surface area is 126 Å². The molecule has 0 heterocycles. The van der Waals surface area contributed by atoms with Crippen molar-refractivity contribution in [1.82, 2.24) is 0 Å². The van der Waals surface area contributed by atoms with Gasteiger partial charge in [-0.2, -0.15) is 0 Å². The molecule has 0 radical (unpaired) electrons. The number of alkyl halides is 1. The number of ketones is 1. The molecule has 0 amide bonds. The Bertz CT molecular complexity index is 635. The molecule has 3 nitrogen and oxygen atoms in total. The Kier molecular flexibility index (Phi) is 3.28. The molecule has 2 atom stereocenters. The zero-order chi connectivity index (χ0) is 14.3. The van der Waals surface area contributed by atoms with Crippen LogP contribution >= 0.6 is 15.9 Å². The molecule has 2 unspecified atom stereocenters. The van der Waals surface area contributed by atoms with Crippen molar-refractivity contribution in [3.63, 3.8) is 0 Å². The van der Waals surface area contributed by atoms with Crippen LogP contribution in [-0.2, 0) is 0 Å². The lowest BCUT2D eigenvalue weighted by atomic mass is 9.68. The molecule has 2 aliphatic carbocycles. The second-order valence-corrected chi connectivity index (χ2v) is 6.39. The summed E-state index contributed by atoms with van der Waals surface area (Å²) in [6.07, 6.45) is 3.93. The van der Waals surface area contributed by atoms with Crippen LogP contribution in [0.1, 0.15) is 46.9 Å². The van der Waals surface area contributed by atoms with Crippen LogP contribution in [0.5, 0.6) is 0 Å². The van der Waals surface area contributed by atoms with Crippen LogP contribution in [0.25, 0.3) is 0 Å². The fourth-order valence-corrected chi connectivity index (χ4v) is 4.43. The fourth-order valence-electron chi connectivity index (χ4n) is 3.43. The second-order valence-electron chi connectivity index (χ2n) is 5.47. The van der Waals surface area contributed by atoms with E-state index in [0.717, 1.165) is 16.7 Å². The van der Waals surface area contributed by atoms with Gasteiger partial charge in [0, 0.05) is 5.56 Å². The van der Waals surface area contributed by atoms with Crippen molar-refractivity contribution >= 4 is 27.4 Å². The number of halogens is 1. The minimum atomic E-state index is -0.431. The van der Waals surface area contributed by atoms with E-state index in [-0.39, 0.29) is 10.6 Å². The Balaban J connectivity index is 2.06. The van der Waals surface area contributed by atoms with Gasteiger partial charge in [-0.05, 0) is 37.3 Å². The lowest BCUT2D eigenvalue weighted by Gasteiger charge is -2.36. The van der Waals surface area contributed by atoms with Crippen LogP contribution < -0.4 is 0 Å². The van der Waals surface area contributed by atoms with Crippen LogP contribution in [0, 0.1) is 5.41 Å². The Morgan fingerprint density at radius 3 is 2.85 bits per heavy atom. The van der Waals surface area contributed by atoms with E-state index in [1.807, 2.05) is 37.3 Å². The molecule has 4 heteroatoms. The first-order valence-corrected chi connectivity index (χ1v) is 7.70. The quantitative estimate of drug-likeness (QED) is 0.438. The molecule has 1 aromatic rings. The van der Waals surface area contributed by atoms with Gasteiger partial charge in [0.05, 0.1) is 16.0 Å². The number of benzene rings is 1. The third-order valence-electron chi connectivity index (χ3n) is 4.57. The first-order chi connectivity index (χ1) is 9.64. The standard InChI is InChI=1S/C16H16BrNO2/c1-2-10-9-16(8-7-13(10)18-20)14(17)11-5-3-4-6-12(11)15(16)19/h2-6,14,20H,7-9H2,1H3. The van der Waals surface area contributed by atoms with Gasteiger partial charge in [-0.1, -0.05) is 51.4 Å². The lowest BCUT2D eigenvalue weighted by molar-refractivity contribution is 0.0799. The maximum absolute atomic E-state index is 12.9. The predicted octanol–water partition coefficient (Wildman–Crippen LogP) is 4.27. The third-order valence-corrected chi connectivity index (χ3v) is 5.94. The van der Waals surface area contributed by atoms with E-state index in [1.165, 1.54) is 0 Å². The van der Waals surface area contributed by atoms with Gasteiger partial charge in [0.2, 0.25) is 0 Å². The summed E-state index contributed by atoms with van der Waals surface area (Å²) in [5.41, 5.74) is 3.16. The van der Waals surface area contributed by atoms with Crippen molar-refractivity contribution in [2.45, 2.75) is 31.0 Å². The van der Waals surface area contributed by atoms with E-state index in [0.29, 0.717) is 25.0 Å². The van der Waals surface area contributed by atoms with Crippen LogP contribution in [-0.4, -0.2) is 16.7 Å². The largest absolute Gasteiger partial charge is 0.411 e. The number of hydrogen-bond acceptors (Lipinski definition) is 3. The topological polar surface area (TPSA) is 49.7 Å². The van der Waals surface area contributed by atoms with Gasteiger partial charge in [-0.3, -0.25) is 4.79 Å². The van der Waals surface area contributed by atoms with E-state index in [9.17, 15) is 4.79 Å². The molecule has 20 heavy (non-hydrogen) atoms. The number of rotatable bonds is 0. The van der Waals surface area contributed by atoms with E-state index in [2.05, 4.69) is 21.1 Å². The third kappa shape index (κ3) is 1.71. The van der Waals surface area contributed by atoms with Gasteiger partial charge in [-0.15, -0.1) is 0 Å².